The molecule has 3 aromatic heterocycles. The normalized spacial score (nSPS) is 16.4. The van der Waals surface area contributed by atoms with Crippen molar-refractivity contribution in [2.45, 2.75) is 92.0 Å². The minimum Gasteiger partial charge on any atom is -0.444 e. The highest BCUT2D eigenvalue weighted by molar-refractivity contribution is 5.87. The van der Waals surface area contributed by atoms with Crippen molar-refractivity contribution in [1.29, 1.82) is 0 Å². The molecule has 1 aliphatic carbocycles. The fourth-order valence-electron chi connectivity index (χ4n) is 6.42. The number of carbonyl (C=O) groups excluding carboxylic acids is 1. The molecule has 1 unspecified atom stereocenters. The summed E-state index contributed by atoms with van der Waals surface area (Å²) < 4.78 is 10.0. The minimum atomic E-state index is -0.598. The summed E-state index contributed by atoms with van der Waals surface area (Å²) in [7, 11) is 1.64. The molecule has 12 nitrogen and oxygen atoms in total. The van der Waals surface area contributed by atoms with Gasteiger partial charge in [0.15, 0.2) is 11.2 Å². The molecule has 2 aliphatic rings. The number of allylic oxidation sites excluding steroid dienone is 2. The number of benzene rings is 1. The Kier molecular flexibility index (Phi) is 7.78. The van der Waals surface area contributed by atoms with Crippen LogP contribution in [0.25, 0.3) is 22.1 Å². The van der Waals surface area contributed by atoms with E-state index in [1.807, 2.05) is 58.3 Å². The van der Waals surface area contributed by atoms with Gasteiger partial charge in [-0.25, -0.2) is 19.6 Å². The molecule has 0 spiro atoms. The molecule has 1 fully saturated rings. The first-order valence-electron chi connectivity index (χ1n) is 15.7. The summed E-state index contributed by atoms with van der Waals surface area (Å²) >= 11 is 0. The van der Waals surface area contributed by atoms with E-state index in [2.05, 4.69) is 16.3 Å². The van der Waals surface area contributed by atoms with Gasteiger partial charge in [0.25, 0.3) is 5.56 Å². The van der Waals surface area contributed by atoms with Crippen LogP contribution in [0.5, 0.6) is 0 Å². The fourth-order valence-corrected chi connectivity index (χ4v) is 6.42. The molecule has 1 N–H and O–H groups in total. The Morgan fingerprint density at radius 1 is 1.11 bits per heavy atom. The van der Waals surface area contributed by atoms with Crippen molar-refractivity contribution in [3.63, 3.8) is 0 Å². The molecule has 1 aliphatic heterocycles. The Bertz CT molecular complexity index is 1970. The fraction of sp³-hybridized carbons (Fsp3) is 0.515. The lowest BCUT2D eigenvalue weighted by molar-refractivity contribution is 0.0499. The number of ether oxygens (including phenoxy) is 1. The van der Waals surface area contributed by atoms with Gasteiger partial charge in [0.05, 0.1) is 17.8 Å². The first-order chi connectivity index (χ1) is 21.3. The van der Waals surface area contributed by atoms with Crippen molar-refractivity contribution in [3.05, 3.63) is 67.3 Å². The van der Waals surface area contributed by atoms with E-state index >= 15 is 0 Å². The lowest BCUT2D eigenvalue weighted by Gasteiger charge is -2.34. The number of amides is 1. The van der Waals surface area contributed by atoms with Crippen molar-refractivity contribution in [3.8, 4) is 0 Å². The molecule has 1 saturated heterocycles. The standard InChI is InChI=1S/C33H42N8O4/c1-19(2)12-14-40-27-28(37-30(40)39-13-8-9-22(17-39)34-31(43)45-33(4,5)6)38(7)32(44)41(29(27)42)18-25-35-23-11-10-21-15-20(3)16-24(36-25)26(21)23/h12,15-16,22H,8-11,13-14,17-18H2,1-7H3,(H,34,43). The molecule has 0 saturated carbocycles. The van der Waals surface area contributed by atoms with Gasteiger partial charge in [-0.2, -0.15) is 4.98 Å². The van der Waals surface area contributed by atoms with E-state index in [0.717, 1.165) is 53.4 Å². The second-order valence-electron chi connectivity index (χ2n) is 13.5. The molecule has 1 atom stereocenters. The quantitative estimate of drug-likeness (QED) is 0.325. The third kappa shape index (κ3) is 5.97. The van der Waals surface area contributed by atoms with Gasteiger partial charge >= 0.3 is 11.8 Å². The zero-order valence-electron chi connectivity index (χ0n) is 27.2. The summed E-state index contributed by atoms with van der Waals surface area (Å²) in [6.07, 6.45) is 4.92. The summed E-state index contributed by atoms with van der Waals surface area (Å²) in [5.74, 6) is 1.03. The number of aromatic nitrogens is 6. The average Bonchev–Trinajstić information content (AvgIpc) is 3.54. The van der Waals surface area contributed by atoms with Crippen LogP contribution in [-0.4, -0.2) is 59.5 Å². The van der Waals surface area contributed by atoms with Gasteiger partial charge < -0.3 is 19.5 Å². The number of carbonyl (C=O) groups is 1. The Morgan fingerprint density at radius 2 is 1.89 bits per heavy atom. The third-order valence-corrected chi connectivity index (χ3v) is 8.40. The summed E-state index contributed by atoms with van der Waals surface area (Å²) in [5.41, 5.74) is 4.44. The second-order valence-corrected chi connectivity index (χ2v) is 13.5. The number of fused-ring (bicyclic) bond motifs is 1. The van der Waals surface area contributed by atoms with Crippen LogP contribution in [0.2, 0.25) is 0 Å². The Balaban J connectivity index is 1.41. The number of hydrogen-bond donors (Lipinski definition) is 1. The zero-order chi connectivity index (χ0) is 32.2. The van der Waals surface area contributed by atoms with E-state index < -0.39 is 22.9 Å². The van der Waals surface area contributed by atoms with E-state index in [9.17, 15) is 14.4 Å². The maximum Gasteiger partial charge on any atom is 0.407 e. The van der Waals surface area contributed by atoms with Crippen LogP contribution in [-0.2, 0) is 37.7 Å². The molecule has 1 amide bonds. The maximum absolute atomic E-state index is 14.2. The first kappa shape index (κ1) is 30.5. The molecule has 238 valence electrons. The van der Waals surface area contributed by atoms with Crippen molar-refractivity contribution in [2.75, 3.05) is 18.0 Å². The van der Waals surface area contributed by atoms with Crippen LogP contribution >= 0.6 is 0 Å². The molecule has 4 aromatic rings. The number of alkyl carbamates (subject to hydrolysis) is 1. The number of imidazole rings is 1. The summed E-state index contributed by atoms with van der Waals surface area (Å²) in [5, 5.41) is 4.08. The van der Waals surface area contributed by atoms with E-state index in [4.69, 9.17) is 19.7 Å². The number of piperidine rings is 1. The molecular formula is C33H42N8O4. The van der Waals surface area contributed by atoms with Crippen LogP contribution in [0.1, 0.15) is 70.1 Å². The molecule has 0 bridgehead atoms. The van der Waals surface area contributed by atoms with Gasteiger partial charge in [-0.3, -0.25) is 13.9 Å². The molecule has 4 heterocycles. The van der Waals surface area contributed by atoms with Gasteiger partial charge in [0.1, 0.15) is 11.4 Å². The second kappa shape index (κ2) is 11.5. The lowest BCUT2D eigenvalue weighted by Crippen LogP contribution is -2.49. The number of nitrogens with zero attached hydrogens (tertiary/aromatic N) is 7. The third-order valence-electron chi connectivity index (χ3n) is 8.40. The van der Waals surface area contributed by atoms with E-state index in [-0.39, 0.29) is 12.6 Å². The van der Waals surface area contributed by atoms with E-state index in [1.54, 1.807) is 7.05 Å². The van der Waals surface area contributed by atoms with Crippen molar-refractivity contribution >= 4 is 34.1 Å². The Labute approximate surface area is 261 Å². The maximum atomic E-state index is 14.2. The van der Waals surface area contributed by atoms with Crippen molar-refractivity contribution in [2.24, 2.45) is 7.05 Å². The lowest BCUT2D eigenvalue weighted by atomic mass is 10.1. The summed E-state index contributed by atoms with van der Waals surface area (Å²) in [4.78, 5) is 57.0. The van der Waals surface area contributed by atoms with E-state index in [1.165, 1.54) is 14.7 Å². The number of nitrogens with one attached hydrogen (secondary N) is 1. The monoisotopic (exact) mass is 614 g/mol. The highest BCUT2D eigenvalue weighted by Crippen LogP contribution is 2.30. The molecule has 1 aromatic carbocycles. The van der Waals surface area contributed by atoms with Gasteiger partial charge in [0.2, 0.25) is 5.95 Å². The molecule has 0 radical (unpaired) electrons. The molecule has 12 heteroatoms. The van der Waals surface area contributed by atoms with Crippen LogP contribution in [0, 0.1) is 6.92 Å². The zero-order valence-corrected chi connectivity index (χ0v) is 27.2. The highest BCUT2D eigenvalue weighted by Gasteiger charge is 2.29. The number of anilines is 1. The first-order valence-corrected chi connectivity index (χ1v) is 15.7. The van der Waals surface area contributed by atoms with Gasteiger partial charge in [0, 0.05) is 38.1 Å². The SMILES string of the molecule is CC(C)=CCn1c(N2CCCC(NC(=O)OC(C)(C)C)C2)nc2c1c(=O)n(Cc1nc3c4c(cc(C)cc4n1)CC3)c(=O)n2C. The van der Waals surface area contributed by atoms with Gasteiger partial charge in [-0.1, -0.05) is 17.7 Å². The van der Waals surface area contributed by atoms with Crippen molar-refractivity contribution < 1.29 is 9.53 Å². The van der Waals surface area contributed by atoms with Crippen LogP contribution < -0.4 is 21.5 Å². The topological polar surface area (TPSA) is 129 Å². The predicted octanol–water partition coefficient (Wildman–Crippen LogP) is 3.75. The highest BCUT2D eigenvalue weighted by atomic mass is 16.6. The van der Waals surface area contributed by atoms with Crippen molar-refractivity contribution in [1.82, 2.24) is 34.0 Å². The van der Waals surface area contributed by atoms with E-state index in [0.29, 0.717) is 42.6 Å². The largest absolute Gasteiger partial charge is 0.444 e. The molecule has 6 rings (SSSR count). The Morgan fingerprint density at radius 3 is 2.62 bits per heavy atom. The Hall–Kier alpha value is -4.48. The van der Waals surface area contributed by atoms with Gasteiger partial charge in [-0.15, -0.1) is 0 Å². The van der Waals surface area contributed by atoms with Crippen LogP contribution in [0.15, 0.2) is 33.4 Å². The van der Waals surface area contributed by atoms with Crippen LogP contribution in [0.3, 0.4) is 0 Å². The smallest absolute Gasteiger partial charge is 0.407 e. The number of hydrogen-bond acceptors (Lipinski definition) is 8. The number of rotatable bonds is 6. The molecular weight excluding hydrogens is 572 g/mol. The van der Waals surface area contributed by atoms with Gasteiger partial charge in [-0.05, 0) is 84.4 Å². The summed E-state index contributed by atoms with van der Waals surface area (Å²) in [6.45, 7) is 13.1. The summed E-state index contributed by atoms with van der Waals surface area (Å²) in [6, 6.07) is 4.06. The minimum absolute atomic E-state index is 0.0393. The van der Waals surface area contributed by atoms with Crippen LogP contribution in [0.4, 0.5) is 10.7 Å². The predicted molar refractivity (Wildman–Crippen MR) is 174 cm³/mol. The number of aryl methyl sites for hydroxylation is 4. The molecule has 45 heavy (non-hydrogen) atoms. The average molecular weight is 615 g/mol.